The Kier molecular flexibility index (Phi) is 5.10. The summed E-state index contributed by atoms with van der Waals surface area (Å²) in [6.07, 6.45) is 2.12. The van der Waals surface area contributed by atoms with Gasteiger partial charge in [-0.25, -0.2) is 0 Å². The summed E-state index contributed by atoms with van der Waals surface area (Å²) >= 11 is 5.82. The fourth-order valence-electron chi connectivity index (χ4n) is 1.68. The lowest BCUT2D eigenvalue weighted by Crippen LogP contribution is -2.30. The van der Waals surface area contributed by atoms with Crippen molar-refractivity contribution in [2.24, 2.45) is 11.1 Å². The van der Waals surface area contributed by atoms with E-state index >= 15 is 0 Å². The normalized spacial score (nSPS) is 16.3. The molecule has 0 bridgehead atoms. The van der Waals surface area contributed by atoms with E-state index < -0.39 is 15.5 Å². The highest BCUT2D eigenvalue weighted by Gasteiger charge is 2.46. The van der Waals surface area contributed by atoms with Gasteiger partial charge in [0.2, 0.25) is 0 Å². The second-order valence-corrected chi connectivity index (χ2v) is 7.27. The van der Waals surface area contributed by atoms with E-state index in [0.717, 1.165) is 18.9 Å². The fraction of sp³-hybridized carbons (Fsp3) is 0.462. The lowest BCUT2D eigenvalue weighted by molar-refractivity contribution is -0.0429. The number of halogens is 4. The van der Waals surface area contributed by atoms with Gasteiger partial charge in [0.25, 0.3) is 0 Å². The summed E-state index contributed by atoms with van der Waals surface area (Å²) in [7, 11) is -5.53. The Morgan fingerprint density at radius 2 is 2.09 bits per heavy atom. The highest BCUT2D eigenvalue weighted by molar-refractivity contribution is 7.93. The second-order valence-electron chi connectivity index (χ2n) is 5.16. The van der Waals surface area contributed by atoms with Crippen molar-refractivity contribution in [1.29, 1.82) is 0 Å². The van der Waals surface area contributed by atoms with Crippen LogP contribution in [0.4, 0.5) is 18.9 Å². The fourth-order valence-corrected chi connectivity index (χ4v) is 2.44. The van der Waals surface area contributed by atoms with Gasteiger partial charge in [-0.15, -0.1) is 0 Å². The first-order valence-electron chi connectivity index (χ1n) is 6.66. The van der Waals surface area contributed by atoms with Crippen LogP contribution in [0.2, 0.25) is 5.02 Å². The molecule has 0 atom stereocenters. The molecule has 23 heavy (non-hydrogen) atoms. The van der Waals surface area contributed by atoms with Crippen molar-refractivity contribution in [2.75, 3.05) is 11.3 Å². The van der Waals surface area contributed by atoms with Gasteiger partial charge in [0.1, 0.15) is 6.61 Å². The predicted molar refractivity (Wildman–Crippen MR) is 80.9 cm³/mol. The van der Waals surface area contributed by atoms with Crippen molar-refractivity contribution in [3.8, 4) is 0 Å². The third kappa shape index (κ3) is 4.74. The third-order valence-corrected chi connectivity index (χ3v) is 4.46. The van der Waals surface area contributed by atoms with Crippen molar-refractivity contribution in [3.63, 3.8) is 0 Å². The minimum absolute atomic E-state index is 0.112. The summed E-state index contributed by atoms with van der Waals surface area (Å²) in [5.74, 6) is 0.453. The number of hydrogen-bond acceptors (Lipinski definition) is 4. The zero-order valence-corrected chi connectivity index (χ0v) is 13.6. The molecule has 1 saturated carbocycles. The van der Waals surface area contributed by atoms with E-state index in [-0.39, 0.29) is 22.0 Å². The molecule has 0 saturated heterocycles. The number of oxime groups is 1. The van der Waals surface area contributed by atoms with Gasteiger partial charge in [0.05, 0.1) is 11.4 Å². The van der Waals surface area contributed by atoms with E-state index in [9.17, 15) is 21.6 Å². The van der Waals surface area contributed by atoms with Crippen LogP contribution in [-0.2, 0) is 14.9 Å². The quantitative estimate of drug-likeness (QED) is 0.612. The maximum absolute atomic E-state index is 12.5. The minimum atomic E-state index is -5.53. The molecule has 1 N–H and O–H groups in total. The first-order valence-corrected chi connectivity index (χ1v) is 8.52. The smallest absolute Gasteiger partial charge is 0.395 e. The van der Waals surface area contributed by atoms with Gasteiger partial charge >= 0.3 is 15.5 Å². The number of benzene rings is 1. The van der Waals surface area contributed by atoms with Crippen LogP contribution >= 0.6 is 11.6 Å². The van der Waals surface area contributed by atoms with Crippen molar-refractivity contribution in [2.45, 2.75) is 25.3 Å². The van der Waals surface area contributed by atoms with Crippen LogP contribution in [-0.4, -0.2) is 26.2 Å². The molecule has 1 aromatic rings. The first-order chi connectivity index (χ1) is 10.6. The predicted octanol–water partition coefficient (Wildman–Crippen LogP) is 3.75. The lowest BCUT2D eigenvalue weighted by Gasteiger charge is -2.14. The van der Waals surface area contributed by atoms with Gasteiger partial charge in [-0.05, 0) is 43.9 Å². The van der Waals surface area contributed by atoms with Crippen molar-refractivity contribution in [1.82, 2.24) is 0 Å². The maximum atomic E-state index is 12.5. The summed E-state index contributed by atoms with van der Waals surface area (Å²) < 4.78 is 61.5. The zero-order chi connectivity index (χ0) is 17.3. The minimum Gasteiger partial charge on any atom is -0.395 e. The monoisotopic (exact) mass is 370 g/mol. The van der Waals surface area contributed by atoms with Gasteiger partial charge in [0, 0.05) is 10.6 Å². The van der Waals surface area contributed by atoms with E-state index in [1.807, 2.05) is 0 Å². The Hall–Kier alpha value is -1.48. The molecule has 0 unspecified atom stereocenters. The summed E-state index contributed by atoms with van der Waals surface area (Å²) in [5, 5.41) is 4.04. The Balaban J connectivity index is 2.26. The van der Waals surface area contributed by atoms with Crippen molar-refractivity contribution >= 4 is 33.0 Å². The zero-order valence-electron chi connectivity index (χ0n) is 12.0. The van der Waals surface area contributed by atoms with Crippen LogP contribution in [0.1, 0.15) is 25.3 Å². The van der Waals surface area contributed by atoms with Crippen LogP contribution in [0.25, 0.3) is 0 Å². The Morgan fingerprint density at radius 3 is 2.65 bits per heavy atom. The molecule has 1 aromatic carbocycles. The molecule has 0 amide bonds. The van der Waals surface area contributed by atoms with Gasteiger partial charge in [-0.1, -0.05) is 16.8 Å². The van der Waals surface area contributed by atoms with E-state index in [2.05, 4.69) is 5.16 Å². The van der Waals surface area contributed by atoms with Crippen LogP contribution in [0.3, 0.4) is 0 Å². The van der Waals surface area contributed by atoms with Crippen molar-refractivity contribution in [3.05, 3.63) is 28.8 Å². The molecule has 0 spiro atoms. The molecule has 10 heteroatoms. The molecular formula is C13H14ClF3N2O3S. The van der Waals surface area contributed by atoms with E-state index in [1.165, 1.54) is 23.8 Å². The third-order valence-electron chi connectivity index (χ3n) is 3.13. The molecule has 1 fully saturated rings. The average Bonchev–Trinajstić information content (AvgIpc) is 3.23. The number of alkyl halides is 3. The molecular weight excluding hydrogens is 357 g/mol. The first kappa shape index (κ1) is 17.9. The lowest BCUT2D eigenvalue weighted by atomic mass is 10.1. The molecule has 0 aromatic heterocycles. The molecule has 5 nitrogen and oxygen atoms in total. The summed E-state index contributed by atoms with van der Waals surface area (Å²) in [6, 6.07) is 3.73. The van der Waals surface area contributed by atoms with Crippen LogP contribution in [0.15, 0.2) is 23.4 Å². The number of nitrogens with zero attached hydrogens (tertiary/aromatic N) is 1. The Morgan fingerprint density at radius 1 is 1.43 bits per heavy atom. The van der Waals surface area contributed by atoms with Gasteiger partial charge in [-0.2, -0.15) is 21.6 Å². The maximum Gasteiger partial charge on any atom is 0.516 e. The van der Waals surface area contributed by atoms with E-state index in [4.69, 9.17) is 16.4 Å². The van der Waals surface area contributed by atoms with Crippen molar-refractivity contribution < 1.29 is 26.4 Å². The highest BCUT2D eigenvalue weighted by Crippen LogP contribution is 2.30. The number of anilines is 1. The SMILES string of the molecule is C/C(=N\OCC1CC1)c1cc(Cl)ccc1NS(=O)(=O)C(F)(F)F. The summed E-state index contributed by atoms with van der Waals surface area (Å²) in [6.45, 7) is 1.91. The summed E-state index contributed by atoms with van der Waals surface area (Å²) in [5.41, 5.74) is -5.37. The number of sulfonamides is 1. The Bertz CT molecular complexity index is 716. The Labute approximate surface area is 136 Å². The molecule has 0 aliphatic heterocycles. The number of rotatable bonds is 6. The molecule has 1 aliphatic rings. The van der Waals surface area contributed by atoms with Gasteiger partial charge < -0.3 is 4.84 Å². The summed E-state index contributed by atoms with van der Waals surface area (Å²) in [4.78, 5) is 5.11. The average molecular weight is 371 g/mol. The van der Waals surface area contributed by atoms with Gasteiger partial charge in [-0.3, -0.25) is 4.72 Å². The highest BCUT2D eigenvalue weighted by atomic mass is 35.5. The molecule has 0 heterocycles. The molecule has 2 rings (SSSR count). The number of hydrogen-bond donors (Lipinski definition) is 1. The molecule has 0 radical (unpaired) electrons. The number of nitrogens with one attached hydrogen (secondary N) is 1. The largest absolute Gasteiger partial charge is 0.516 e. The topological polar surface area (TPSA) is 67.8 Å². The second kappa shape index (κ2) is 6.56. The van der Waals surface area contributed by atoms with Gasteiger partial charge in [0.15, 0.2) is 0 Å². The molecule has 1 aliphatic carbocycles. The standard InChI is InChI=1S/C13H14ClF3N2O3S/c1-8(18-22-7-9-2-3-9)11-6-10(14)4-5-12(11)19-23(20,21)13(15,16)17/h4-6,9,19H,2-3,7H2,1H3/b18-8+. The van der Waals surface area contributed by atoms with Crippen LogP contribution in [0.5, 0.6) is 0 Å². The van der Waals surface area contributed by atoms with E-state index in [1.54, 1.807) is 0 Å². The van der Waals surface area contributed by atoms with E-state index in [0.29, 0.717) is 12.5 Å². The van der Waals surface area contributed by atoms with Crippen LogP contribution < -0.4 is 4.72 Å². The van der Waals surface area contributed by atoms with Crippen LogP contribution in [0, 0.1) is 5.92 Å². The molecule has 128 valence electrons.